The molecule has 0 aromatic rings. The van der Waals surface area contributed by atoms with Crippen molar-refractivity contribution in [3.8, 4) is 0 Å². The Labute approximate surface area is 68.3 Å². The maximum Gasteiger partial charge on any atom is 0.121 e. The van der Waals surface area contributed by atoms with Gasteiger partial charge < -0.3 is 4.74 Å². The molecule has 1 spiro atoms. The number of ether oxygens (including phenoxy) is 1. The monoisotopic (exact) mass is 155 g/mol. The van der Waals surface area contributed by atoms with Crippen LogP contribution in [0.1, 0.15) is 32.6 Å². The SMILES string of the molecule is C[C@H]1CCCC[C@@]12NCCO2. The van der Waals surface area contributed by atoms with E-state index < -0.39 is 0 Å². The van der Waals surface area contributed by atoms with Gasteiger partial charge in [0.05, 0.1) is 6.61 Å². The number of hydrogen-bond donors (Lipinski definition) is 1. The smallest absolute Gasteiger partial charge is 0.121 e. The molecular formula is C9H17NO. The molecule has 0 radical (unpaired) electrons. The lowest BCUT2D eigenvalue weighted by Gasteiger charge is -2.38. The molecule has 2 atom stereocenters. The molecule has 11 heavy (non-hydrogen) atoms. The van der Waals surface area contributed by atoms with Crippen LogP contribution in [0, 0.1) is 5.92 Å². The summed E-state index contributed by atoms with van der Waals surface area (Å²) >= 11 is 0. The molecular weight excluding hydrogens is 138 g/mol. The molecule has 0 unspecified atom stereocenters. The summed E-state index contributed by atoms with van der Waals surface area (Å²) in [5.74, 6) is 0.707. The third-order valence-electron chi connectivity index (χ3n) is 3.12. The first-order valence-corrected chi connectivity index (χ1v) is 4.72. The van der Waals surface area contributed by atoms with Crippen molar-refractivity contribution in [1.82, 2.24) is 5.32 Å². The van der Waals surface area contributed by atoms with Crippen LogP contribution in [0.5, 0.6) is 0 Å². The van der Waals surface area contributed by atoms with Crippen LogP contribution in [0.25, 0.3) is 0 Å². The van der Waals surface area contributed by atoms with Crippen molar-refractivity contribution in [2.45, 2.75) is 38.3 Å². The molecule has 1 saturated heterocycles. The fraction of sp³-hybridized carbons (Fsp3) is 1.00. The van der Waals surface area contributed by atoms with Gasteiger partial charge >= 0.3 is 0 Å². The van der Waals surface area contributed by atoms with Crippen molar-refractivity contribution in [2.75, 3.05) is 13.2 Å². The molecule has 2 nitrogen and oxygen atoms in total. The van der Waals surface area contributed by atoms with Gasteiger partial charge in [0.15, 0.2) is 0 Å². The van der Waals surface area contributed by atoms with Gasteiger partial charge in [0.25, 0.3) is 0 Å². The van der Waals surface area contributed by atoms with E-state index in [0.29, 0.717) is 5.92 Å². The predicted octanol–water partition coefficient (Wildman–Crippen LogP) is 1.51. The van der Waals surface area contributed by atoms with Crippen molar-refractivity contribution in [3.05, 3.63) is 0 Å². The van der Waals surface area contributed by atoms with Crippen molar-refractivity contribution in [2.24, 2.45) is 5.92 Å². The van der Waals surface area contributed by atoms with E-state index in [0.717, 1.165) is 13.2 Å². The molecule has 2 heteroatoms. The van der Waals surface area contributed by atoms with Crippen LogP contribution in [0.3, 0.4) is 0 Å². The van der Waals surface area contributed by atoms with Gasteiger partial charge in [-0.05, 0) is 25.2 Å². The van der Waals surface area contributed by atoms with E-state index in [1.165, 1.54) is 25.7 Å². The average Bonchev–Trinajstić information content (AvgIpc) is 2.46. The molecule has 1 aliphatic heterocycles. The van der Waals surface area contributed by atoms with E-state index in [-0.39, 0.29) is 5.72 Å². The zero-order valence-corrected chi connectivity index (χ0v) is 7.23. The molecule has 2 fully saturated rings. The molecule has 0 bridgehead atoms. The normalized spacial score (nSPS) is 45.0. The van der Waals surface area contributed by atoms with E-state index in [1.54, 1.807) is 0 Å². The average molecular weight is 155 g/mol. The first-order valence-electron chi connectivity index (χ1n) is 4.72. The number of hydrogen-bond acceptors (Lipinski definition) is 2. The third kappa shape index (κ3) is 1.18. The molecule has 1 aliphatic carbocycles. The maximum atomic E-state index is 5.78. The van der Waals surface area contributed by atoms with Crippen molar-refractivity contribution in [1.29, 1.82) is 0 Å². The third-order valence-corrected chi connectivity index (χ3v) is 3.12. The van der Waals surface area contributed by atoms with Crippen molar-refractivity contribution in [3.63, 3.8) is 0 Å². The molecule has 2 aliphatic rings. The summed E-state index contributed by atoms with van der Waals surface area (Å²) in [6.45, 7) is 4.26. The van der Waals surface area contributed by atoms with Gasteiger partial charge in [-0.25, -0.2) is 0 Å². The van der Waals surface area contributed by atoms with Gasteiger partial charge in [0.1, 0.15) is 5.72 Å². The highest BCUT2D eigenvalue weighted by Crippen LogP contribution is 2.36. The Morgan fingerprint density at radius 2 is 2.36 bits per heavy atom. The zero-order valence-electron chi connectivity index (χ0n) is 7.23. The Kier molecular flexibility index (Phi) is 1.90. The summed E-state index contributed by atoms with van der Waals surface area (Å²) in [6, 6.07) is 0. The molecule has 2 rings (SSSR count). The lowest BCUT2D eigenvalue weighted by Crippen LogP contribution is -2.48. The lowest BCUT2D eigenvalue weighted by molar-refractivity contribution is -0.0765. The summed E-state index contributed by atoms with van der Waals surface area (Å²) in [6.07, 6.45) is 5.26. The summed E-state index contributed by atoms with van der Waals surface area (Å²) in [5.41, 5.74) is 0.0816. The standard InChI is InChI=1S/C9H17NO/c1-8-4-2-3-5-9(8)10-6-7-11-9/h8,10H,2-7H2,1H3/t8-,9-/m0/s1. The van der Waals surface area contributed by atoms with Crippen molar-refractivity contribution < 1.29 is 4.74 Å². The second-order valence-corrected chi connectivity index (χ2v) is 3.81. The Morgan fingerprint density at radius 3 is 3.00 bits per heavy atom. The summed E-state index contributed by atoms with van der Waals surface area (Å²) in [4.78, 5) is 0. The highest BCUT2D eigenvalue weighted by atomic mass is 16.5. The highest BCUT2D eigenvalue weighted by molar-refractivity contribution is 4.90. The highest BCUT2D eigenvalue weighted by Gasteiger charge is 2.41. The maximum absolute atomic E-state index is 5.78. The minimum Gasteiger partial charge on any atom is -0.359 e. The molecule has 64 valence electrons. The zero-order chi connectivity index (χ0) is 7.73. The number of nitrogens with one attached hydrogen (secondary N) is 1. The summed E-state index contributed by atoms with van der Waals surface area (Å²) in [7, 11) is 0. The topological polar surface area (TPSA) is 21.3 Å². The van der Waals surface area contributed by atoms with Gasteiger partial charge in [-0.2, -0.15) is 0 Å². The van der Waals surface area contributed by atoms with Gasteiger partial charge in [-0.1, -0.05) is 13.3 Å². The first-order chi connectivity index (χ1) is 5.33. The quantitative estimate of drug-likeness (QED) is 0.572. The fourth-order valence-corrected chi connectivity index (χ4v) is 2.34. The molecule has 1 N–H and O–H groups in total. The Morgan fingerprint density at radius 1 is 1.45 bits per heavy atom. The van der Waals surface area contributed by atoms with E-state index >= 15 is 0 Å². The van der Waals surface area contributed by atoms with Crippen LogP contribution >= 0.6 is 0 Å². The molecule has 1 saturated carbocycles. The molecule has 0 amide bonds. The van der Waals surface area contributed by atoms with Crippen LogP contribution in [0.2, 0.25) is 0 Å². The minimum atomic E-state index is 0.0816. The van der Waals surface area contributed by atoms with Gasteiger partial charge in [-0.3, -0.25) is 5.32 Å². The molecule has 0 aromatic heterocycles. The largest absolute Gasteiger partial charge is 0.359 e. The second kappa shape index (κ2) is 2.76. The van der Waals surface area contributed by atoms with E-state index in [2.05, 4.69) is 12.2 Å². The second-order valence-electron chi connectivity index (χ2n) is 3.81. The van der Waals surface area contributed by atoms with Crippen LogP contribution in [0.4, 0.5) is 0 Å². The van der Waals surface area contributed by atoms with Crippen LogP contribution in [0.15, 0.2) is 0 Å². The Balaban J connectivity index is 2.07. The van der Waals surface area contributed by atoms with E-state index in [4.69, 9.17) is 4.74 Å². The number of rotatable bonds is 0. The summed E-state index contributed by atoms with van der Waals surface area (Å²) in [5, 5.41) is 3.50. The van der Waals surface area contributed by atoms with Crippen LogP contribution in [-0.4, -0.2) is 18.9 Å². The van der Waals surface area contributed by atoms with Gasteiger partial charge in [0, 0.05) is 6.54 Å². The van der Waals surface area contributed by atoms with Crippen LogP contribution in [-0.2, 0) is 4.74 Å². The molecule has 1 heterocycles. The summed E-state index contributed by atoms with van der Waals surface area (Å²) < 4.78 is 5.78. The van der Waals surface area contributed by atoms with Crippen molar-refractivity contribution >= 4 is 0 Å². The van der Waals surface area contributed by atoms with Gasteiger partial charge in [0.2, 0.25) is 0 Å². The van der Waals surface area contributed by atoms with E-state index in [9.17, 15) is 0 Å². The molecule has 0 aromatic carbocycles. The minimum absolute atomic E-state index is 0.0816. The predicted molar refractivity (Wildman–Crippen MR) is 44.3 cm³/mol. The van der Waals surface area contributed by atoms with Crippen LogP contribution < -0.4 is 5.32 Å². The lowest BCUT2D eigenvalue weighted by atomic mass is 9.82. The van der Waals surface area contributed by atoms with E-state index in [1.807, 2.05) is 0 Å². The fourth-order valence-electron chi connectivity index (χ4n) is 2.34. The first kappa shape index (κ1) is 7.56. The van der Waals surface area contributed by atoms with Gasteiger partial charge in [-0.15, -0.1) is 0 Å². The Hall–Kier alpha value is -0.0800. The Bertz CT molecular complexity index is 140.